The van der Waals surface area contributed by atoms with Crippen molar-refractivity contribution in [2.75, 3.05) is 0 Å². The number of nitrogens with zero attached hydrogens (tertiary/aromatic N) is 3. The third-order valence-corrected chi connectivity index (χ3v) is 9.28. The van der Waals surface area contributed by atoms with Crippen molar-refractivity contribution in [3.8, 4) is 16.8 Å². The van der Waals surface area contributed by atoms with E-state index < -0.39 is 33.4 Å². The van der Waals surface area contributed by atoms with Crippen LogP contribution < -0.4 is 10.4 Å². The molecule has 5 rings (SSSR count). The molecule has 1 heterocycles. The van der Waals surface area contributed by atoms with Crippen LogP contribution in [0.2, 0.25) is 0 Å². The second-order valence-corrected chi connectivity index (χ2v) is 12.6. The number of carbonyl (C=O) groups excluding carboxylic acids is 1. The van der Waals surface area contributed by atoms with Gasteiger partial charge in [0.25, 0.3) is 10.0 Å². The first kappa shape index (κ1) is 31.2. The average molecular weight is 627 g/mol. The summed E-state index contributed by atoms with van der Waals surface area (Å²) in [5.74, 6) is -0.434. The van der Waals surface area contributed by atoms with Gasteiger partial charge in [0.15, 0.2) is 0 Å². The summed E-state index contributed by atoms with van der Waals surface area (Å²) in [6.45, 7) is 2.03. The maximum absolute atomic E-state index is 13.7. The zero-order valence-corrected chi connectivity index (χ0v) is 25.0. The molecule has 0 unspecified atom stereocenters. The smallest absolute Gasteiger partial charge is 0.274 e. The molecule has 3 aromatic carbocycles. The van der Waals surface area contributed by atoms with Crippen LogP contribution in [0.3, 0.4) is 0 Å². The maximum atomic E-state index is 13.7. The number of amides is 1. The Morgan fingerprint density at radius 3 is 2.32 bits per heavy atom. The van der Waals surface area contributed by atoms with Gasteiger partial charge in [-0.25, -0.2) is 17.9 Å². The number of rotatable bonds is 10. The van der Waals surface area contributed by atoms with Crippen molar-refractivity contribution in [3.63, 3.8) is 0 Å². The molecule has 0 atom stereocenters. The van der Waals surface area contributed by atoms with E-state index in [-0.39, 0.29) is 23.0 Å². The molecule has 1 amide bonds. The van der Waals surface area contributed by atoms with Crippen LogP contribution in [0, 0.1) is 5.92 Å². The molecule has 0 spiro atoms. The molecule has 12 heteroatoms. The van der Waals surface area contributed by atoms with Crippen LogP contribution in [0.15, 0.2) is 82.5 Å². The lowest BCUT2D eigenvalue weighted by molar-refractivity contribution is -0.137. The summed E-state index contributed by atoms with van der Waals surface area (Å²) < 4.78 is 72.0. The molecule has 1 fully saturated rings. The van der Waals surface area contributed by atoms with Gasteiger partial charge in [0.1, 0.15) is 5.82 Å². The van der Waals surface area contributed by atoms with Crippen LogP contribution in [0.5, 0.6) is 0 Å². The van der Waals surface area contributed by atoms with E-state index in [1.807, 2.05) is 6.92 Å². The Kier molecular flexibility index (Phi) is 9.10. The van der Waals surface area contributed by atoms with Gasteiger partial charge >= 0.3 is 11.9 Å². The summed E-state index contributed by atoms with van der Waals surface area (Å²) in [5.41, 5.74) is -0.320. The number of sulfonamides is 1. The number of hydrogen-bond donors (Lipinski definition) is 1. The minimum atomic E-state index is -4.66. The molecule has 0 radical (unpaired) electrons. The Bertz CT molecular complexity index is 1810. The van der Waals surface area contributed by atoms with Crippen LogP contribution in [-0.4, -0.2) is 28.7 Å². The van der Waals surface area contributed by atoms with Crippen LogP contribution in [0.25, 0.3) is 16.8 Å². The van der Waals surface area contributed by atoms with Gasteiger partial charge in [-0.1, -0.05) is 80.8 Å². The number of para-hydroxylation sites is 1. The zero-order valence-electron chi connectivity index (χ0n) is 24.2. The predicted octanol–water partition coefficient (Wildman–Crippen LogP) is 6.11. The Hall–Kier alpha value is -4.19. The molecule has 4 aromatic rings. The van der Waals surface area contributed by atoms with E-state index in [0.29, 0.717) is 48.2 Å². The van der Waals surface area contributed by atoms with Gasteiger partial charge < -0.3 is 0 Å². The molecule has 1 aliphatic rings. The van der Waals surface area contributed by atoms with E-state index in [0.717, 1.165) is 30.0 Å². The molecule has 232 valence electrons. The molecular formula is C32H33F3N4O4S. The molecular weight excluding hydrogens is 593 g/mol. The van der Waals surface area contributed by atoms with Crippen LogP contribution in [0.4, 0.5) is 13.2 Å². The van der Waals surface area contributed by atoms with Gasteiger partial charge in [0, 0.05) is 17.9 Å². The van der Waals surface area contributed by atoms with Crippen molar-refractivity contribution >= 4 is 15.9 Å². The second kappa shape index (κ2) is 12.8. The number of hydrogen-bond acceptors (Lipinski definition) is 5. The predicted molar refractivity (Wildman–Crippen MR) is 160 cm³/mol. The van der Waals surface area contributed by atoms with E-state index in [4.69, 9.17) is 0 Å². The fraction of sp³-hybridized carbons (Fsp3) is 0.344. The Morgan fingerprint density at radius 1 is 0.977 bits per heavy atom. The summed E-state index contributed by atoms with van der Waals surface area (Å²) in [5, 5.41) is 4.31. The lowest BCUT2D eigenvalue weighted by Crippen LogP contribution is -2.35. The number of aromatic nitrogens is 3. The molecule has 44 heavy (non-hydrogen) atoms. The van der Waals surface area contributed by atoms with E-state index in [9.17, 15) is 31.2 Å². The molecule has 1 aliphatic carbocycles. The Labute approximate surface area is 253 Å². The van der Waals surface area contributed by atoms with Gasteiger partial charge in [-0.05, 0) is 48.6 Å². The lowest BCUT2D eigenvalue weighted by Gasteiger charge is -2.14. The molecule has 0 bridgehead atoms. The highest BCUT2D eigenvalue weighted by atomic mass is 32.2. The highest BCUT2D eigenvalue weighted by Gasteiger charge is 2.35. The molecule has 1 saturated carbocycles. The number of halogens is 3. The summed E-state index contributed by atoms with van der Waals surface area (Å²) in [4.78, 5) is 26.0. The summed E-state index contributed by atoms with van der Waals surface area (Å²) >= 11 is 0. The highest BCUT2D eigenvalue weighted by Crippen LogP contribution is 2.33. The van der Waals surface area contributed by atoms with E-state index in [1.54, 1.807) is 42.5 Å². The summed E-state index contributed by atoms with van der Waals surface area (Å²) in [7, 11) is -4.13. The van der Waals surface area contributed by atoms with Crippen molar-refractivity contribution in [3.05, 3.63) is 100 Å². The molecule has 1 N–H and O–H groups in total. The molecule has 0 saturated heterocycles. The van der Waals surface area contributed by atoms with Crippen LogP contribution >= 0.6 is 0 Å². The van der Waals surface area contributed by atoms with Crippen molar-refractivity contribution in [1.29, 1.82) is 0 Å². The fourth-order valence-electron chi connectivity index (χ4n) is 5.54. The Morgan fingerprint density at radius 2 is 1.64 bits per heavy atom. The highest BCUT2D eigenvalue weighted by molar-refractivity contribution is 7.90. The van der Waals surface area contributed by atoms with E-state index >= 15 is 0 Å². The first-order valence-corrected chi connectivity index (χ1v) is 16.1. The van der Waals surface area contributed by atoms with Crippen LogP contribution in [0.1, 0.15) is 62.4 Å². The number of nitrogens with one attached hydrogen (secondary N) is 1. The molecule has 0 aliphatic heterocycles. The topological polar surface area (TPSA) is 103 Å². The number of carbonyl (C=O) groups is 1. The van der Waals surface area contributed by atoms with Gasteiger partial charge in [-0.3, -0.25) is 9.36 Å². The van der Waals surface area contributed by atoms with Gasteiger partial charge in [0.2, 0.25) is 5.91 Å². The molecule has 8 nitrogen and oxygen atoms in total. The van der Waals surface area contributed by atoms with E-state index in [1.165, 1.54) is 28.8 Å². The van der Waals surface area contributed by atoms with E-state index in [2.05, 4.69) is 9.82 Å². The number of alkyl halides is 3. The Balaban J connectivity index is 1.44. The van der Waals surface area contributed by atoms with Crippen LogP contribution in [-0.2, 0) is 34.0 Å². The lowest BCUT2D eigenvalue weighted by atomic mass is 10.0. The second-order valence-electron chi connectivity index (χ2n) is 11.0. The minimum absolute atomic E-state index is 0.0261. The zero-order chi connectivity index (χ0) is 31.5. The van der Waals surface area contributed by atoms with Crippen molar-refractivity contribution < 1.29 is 26.4 Å². The third-order valence-electron chi connectivity index (χ3n) is 7.87. The normalized spacial score (nSPS) is 14.2. The molecule has 1 aromatic heterocycles. The van der Waals surface area contributed by atoms with Crippen molar-refractivity contribution in [2.45, 2.75) is 69.5 Å². The number of benzene rings is 3. The summed E-state index contributed by atoms with van der Waals surface area (Å²) in [6, 6.07) is 18.1. The van der Waals surface area contributed by atoms with Crippen molar-refractivity contribution in [1.82, 2.24) is 19.1 Å². The standard InChI is InChI=1S/C32H33F3N4O4S/c1-2-3-16-29-36-39(27-14-8-7-13-26(27)32(33,34)35)31(41)38(29)21-22-17-19-23(20-18-22)25-12-6-9-15-28(25)44(42,43)37-30(40)24-10-4-5-11-24/h6-9,12-15,17-20,24H,2-5,10-11,16,21H2,1H3,(H,37,40). The van der Waals surface area contributed by atoms with Crippen molar-refractivity contribution in [2.24, 2.45) is 5.92 Å². The van der Waals surface area contributed by atoms with Gasteiger partial charge in [0.05, 0.1) is 22.7 Å². The first-order chi connectivity index (χ1) is 21.0. The first-order valence-electron chi connectivity index (χ1n) is 14.6. The monoisotopic (exact) mass is 626 g/mol. The SMILES string of the molecule is CCCCc1nn(-c2ccccc2C(F)(F)F)c(=O)n1Cc1ccc(-c2ccccc2S(=O)(=O)NC(=O)C2CCCC2)cc1. The summed E-state index contributed by atoms with van der Waals surface area (Å²) in [6.07, 6.45) is 0.370. The number of unbranched alkanes of at least 4 members (excludes halogenated alkanes) is 1. The fourth-order valence-corrected chi connectivity index (χ4v) is 6.82. The number of aryl methyl sites for hydroxylation is 1. The quantitative estimate of drug-likeness (QED) is 0.229. The maximum Gasteiger partial charge on any atom is 0.418 e. The minimum Gasteiger partial charge on any atom is -0.274 e. The average Bonchev–Trinajstić information content (AvgIpc) is 3.65. The van der Waals surface area contributed by atoms with Gasteiger partial charge in [-0.15, -0.1) is 5.10 Å². The largest absolute Gasteiger partial charge is 0.418 e. The third kappa shape index (κ3) is 6.64. The van der Waals surface area contributed by atoms with Gasteiger partial charge in [-0.2, -0.15) is 17.9 Å².